The molecule has 1 aromatic heterocycles. The lowest BCUT2D eigenvalue weighted by Gasteiger charge is -1.97. The van der Waals surface area contributed by atoms with Crippen molar-refractivity contribution in [2.45, 2.75) is 6.92 Å². The predicted octanol–water partition coefficient (Wildman–Crippen LogP) is 3.20. The van der Waals surface area contributed by atoms with Crippen LogP contribution in [0.1, 0.15) is 5.56 Å². The third kappa shape index (κ3) is 2.13. The van der Waals surface area contributed by atoms with E-state index in [4.69, 9.17) is 4.42 Å². The maximum atomic E-state index is 10.5. The predicted molar refractivity (Wildman–Crippen MR) is 65.1 cm³/mol. The van der Waals surface area contributed by atoms with E-state index in [0.717, 1.165) is 11.1 Å². The molecule has 2 aromatic rings. The highest BCUT2D eigenvalue weighted by atomic mass is 16.6. The minimum Gasteiger partial charge on any atom is -0.441 e. The first kappa shape index (κ1) is 11.2. The van der Waals surface area contributed by atoms with Crippen LogP contribution in [0.2, 0.25) is 0 Å². The molecule has 0 aliphatic carbocycles. The summed E-state index contributed by atoms with van der Waals surface area (Å²) in [5, 5.41) is 13.5. The van der Waals surface area contributed by atoms with Crippen LogP contribution in [0.5, 0.6) is 0 Å². The monoisotopic (exact) mass is 232 g/mol. The van der Waals surface area contributed by atoms with Gasteiger partial charge in [0.1, 0.15) is 5.76 Å². The lowest BCUT2D eigenvalue weighted by atomic mass is 10.1. The Morgan fingerprint density at radius 1 is 1.29 bits per heavy atom. The van der Waals surface area contributed by atoms with Crippen LogP contribution in [0.3, 0.4) is 0 Å². The van der Waals surface area contributed by atoms with Gasteiger partial charge >= 0.3 is 0 Å². The molecule has 0 bridgehead atoms. The molecule has 0 saturated carbocycles. The van der Waals surface area contributed by atoms with Crippen molar-refractivity contribution in [2.75, 3.05) is 12.4 Å². The molecule has 0 aliphatic rings. The molecular formula is C12H12N2O3. The van der Waals surface area contributed by atoms with Crippen LogP contribution in [0.4, 0.5) is 11.6 Å². The third-order valence-electron chi connectivity index (χ3n) is 2.51. The Morgan fingerprint density at radius 2 is 1.94 bits per heavy atom. The molecule has 1 heterocycles. The molecule has 0 spiro atoms. The SMILES string of the molecule is CNc1oc(-c2ccc([N+](=O)[O-])cc2)cc1C. The second kappa shape index (κ2) is 4.29. The standard InChI is InChI=1S/C12H12N2O3/c1-8-7-11(17-12(8)13-2)9-3-5-10(6-4-9)14(15)16/h3-7,13H,1-2H3. The Labute approximate surface area is 98.2 Å². The number of anilines is 1. The molecule has 1 aromatic carbocycles. The number of furan rings is 1. The summed E-state index contributed by atoms with van der Waals surface area (Å²) < 4.78 is 5.57. The van der Waals surface area contributed by atoms with Gasteiger partial charge in [0.15, 0.2) is 5.88 Å². The molecule has 2 rings (SSSR count). The number of hydrogen-bond acceptors (Lipinski definition) is 4. The van der Waals surface area contributed by atoms with Crippen LogP contribution in [0, 0.1) is 17.0 Å². The molecule has 5 heteroatoms. The number of nitrogens with one attached hydrogen (secondary N) is 1. The highest BCUT2D eigenvalue weighted by Crippen LogP contribution is 2.29. The minimum absolute atomic E-state index is 0.0749. The van der Waals surface area contributed by atoms with Crippen molar-refractivity contribution >= 4 is 11.6 Å². The van der Waals surface area contributed by atoms with Gasteiger partial charge in [-0.3, -0.25) is 10.1 Å². The fraction of sp³-hybridized carbons (Fsp3) is 0.167. The highest BCUT2D eigenvalue weighted by molar-refractivity contribution is 5.63. The molecule has 0 amide bonds. The van der Waals surface area contributed by atoms with E-state index in [2.05, 4.69) is 5.32 Å². The normalized spacial score (nSPS) is 10.2. The summed E-state index contributed by atoms with van der Waals surface area (Å²) in [4.78, 5) is 10.1. The molecule has 0 atom stereocenters. The molecule has 0 fully saturated rings. The summed E-state index contributed by atoms with van der Waals surface area (Å²) in [5.74, 6) is 1.40. The molecule has 0 radical (unpaired) electrons. The van der Waals surface area contributed by atoms with Crippen LogP contribution in [0.15, 0.2) is 34.7 Å². The Balaban J connectivity index is 2.36. The van der Waals surface area contributed by atoms with Gasteiger partial charge in [0.2, 0.25) is 0 Å². The molecule has 5 nitrogen and oxygen atoms in total. The van der Waals surface area contributed by atoms with Crippen LogP contribution >= 0.6 is 0 Å². The van der Waals surface area contributed by atoms with E-state index < -0.39 is 4.92 Å². The Bertz CT molecular complexity index is 543. The number of aryl methyl sites for hydroxylation is 1. The van der Waals surface area contributed by atoms with E-state index >= 15 is 0 Å². The number of benzene rings is 1. The maximum Gasteiger partial charge on any atom is 0.269 e. The smallest absolute Gasteiger partial charge is 0.269 e. The molecule has 0 unspecified atom stereocenters. The van der Waals surface area contributed by atoms with E-state index in [1.165, 1.54) is 12.1 Å². The van der Waals surface area contributed by atoms with Crippen LogP contribution in [-0.4, -0.2) is 12.0 Å². The van der Waals surface area contributed by atoms with Crippen molar-refractivity contribution in [3.05, 3.63) is 46.0 Å². The lowest BCUT2D eigenvalue weighted by Crippen LogP contribution is -1.86. The fourth-order valence-electron chi connectivity index (χ4n) is 1.62. The Hall–Kier alpha value is -2.30. The summed E-state index contributed by atoms with van der Waals surface area (Å²) in [7, 11) is 1.78. The zero-order valence-corrected chi connectivity index (χ0v) is 9.56. The van der Waals surface area contributed by atoms with Crippen molar-refractivity contribution in [2.24, 2.45) is 0 Å². The van der Waals surface area contributed by atoms with Gasteiger partial charge in [-0.05, 0) is 25.1 Å². The fourth-order valence-corrected chi connectivity index (χ4v) is 1.62. The van der Waals surface area contributed by atoms with E-state index in [1.54, 1.807) is 19.2 Å². The summed E-state index contributed by atoms with van der Waals surface area (Å²) in [6.07, 6.45) is 0. The van der Waals surface area contributed by atoms with Gasteiger partial charge in [0.05, 0.1) is 4.92 Å². The first-order chi connectivity index (χ1) is 8.11. The van der Waals surface area contributed by atoms with Gasteiger partial charge in [-0.25, -0.2) is 0 Å². The Kier molecular flexibility index (Phi) is 2.82. The molecule has 17 heavy (non-hydrogen) atoms. The second-order valence-electron chi connectivity index (χ2n) is 3.68. The molecule has 0 saturated heterocycles. The minimum atomic E-state index is -0.420. The van der Waals surface area contributed by atoms with Gasteiger partial charge in [-0.2, -0.15) is 0 Å². The van der Waals surface area contributed by atoms with Crippen LogP contribution in [-0.2, 0) is 0 Å². The van der Waals surface area contributed by atoms with E-state index in [-0.39, 0.29) is 5.69 Å². The largest absolute Gasteiger partial charge is 0.441 e. The summed E-state index contributed by atoms with van der Waals surface area (Å²) in [6, 6.07) is 8.18. The maximum absolute atomic E-state index is 10.5. The highest BCUT2D eigenvalue weighted by Gasteiger charge is 2.10. The van der Waals surface area contributed by atoms with E-state index in [0.29, 0.717) is 11.6 Å². The second-order valence-corrected chi connectivity index (χ2v) is 3.68. The Morgan fingerprint density at radius 3 is 2.41 bits per heavy atom. The van der Waals surface area contributed by atoms with E-state index in [9.17, 15) is 10.1 Å². The van der Waals surface area contributed by atoms with E-state index in [1.807, 2.05) is 13.0 Å². The molecule has 1 N–H and O–H groups in total. The van der Waals surface area contributed by atoms with Gasteiger partial charge in [0.25, 0.3) is 5.69 Å². The summed E-state index contributed by atoms with van der Waals surface area (Å²) >= 11 is 0. The number of nitrogens with zero attached hydrogens (tertiary/aromatic N) is 1. The van der Waals surface area contributed by atoms with Crippen LogP contribution < -0.4 is 5.32 Å². The average Bonchev–Trinajstić information content (AvgIpc) is 2.70. The summed E-state index contributed by atoms with van der Waals surface area (Å²) in [5.41, 5.74) is 1.90. The van der Waals surface area contributed by atoms with Crippen molar-refractivity contribution in [3.8, 4) is 11.3 Å². The van der Waals surface area contributed by atoms with Crippen molar-refractivity contribution in [1.82, 2.24) is 0 Å². The first-order valence-corrected chi connectivity index (χ1v) is 5.15. The number of nitro benzene ring substituents is 1. The summed E-state index contributed by atoms with van der Waals surface area (Å²) in [6.45, 7) is 1.93. The molecule has 88 valence electrons. The number of nitro groups is 1. The van der Waals surface area contributed by atoms with Gasteiger partial charge in [-0.1, -0.05) is 0 Å². The van der Waals surface area contributed by atoms with Gasteiger partial charge in [0, 0.05) is 30.3 Å². The van der Waals surface area contributed by atoms with Crippen molar-refractivity contribution in [3.63, 3.8) is 0 Å². The zero-order valence-electron chi connectivity index (χ0n) is 9.56. The van der Waals surface area contributed by atoms with Crippen molar-refractivity contribution < 1.29 is 9.34 Å². The van der Waals surface area contributed by atoms with Crippen molar-refractivity contribution in [1.29, 1.82) is 0 Å². The molecule has 0 aliphatic heterocycles. The number of hydrogen-bond donors (Lipinski definition) is 1. The number of rotatable bonds is 3. The molecular weight excluding hydrogens is 220 g/mol. The third-order valence-corrected chi connectivity index (χ3v) is 2.51. The van der Waals surface area contributed by atoms with Crippen LogP contribution in [0.25, 0.3) is 11.3 Å². The zero-order chi connectivity index (χ0) is 12.4. The van der Waals surface area contributed by atoms with Gasteiger partial charge in [-0.15, -0.1) is 0 Å². The lowest BCUT2D eigenvalue weighted by molar-refractivity contribution is -0.384. The first-order valence-electron chi connectivity index (χ1n) is 5.15. The average molecular weight is 232 g/mol. The van der Waals surface area contributed by atoms with Gasteiger partial charge < -0.3 is 9.73 Å². The number of non-ortho nitro benzene ring substituents is 1. The quantitative estimate of drug-likeness (QED) is 0.651. The topological polar surface area (TPSA) is 68.3 Å².